The third kappa shape index (κ3) is 3.79. The first-order chi connectivity index (χ1) is 6.05. The summed E-state index contributed by atoms with van der Waals surface area (Å²) < 4.78 is 0. The molecule has 0 heterocycles. The lowest BCUT2D eigenvalue weighted by Crippen LogP contribution is -2.44. The lowest BCUT2D eigenvalue weighted by atomic mass is 9.97. The van der Waals surface area contributed by atoms with E-state index in [-0.39, 0.29) is 11.4 Å². The number of nitrogens with one attached hydrogen (secondary N) is 1. The minimum atomic E-state index is -0.00428. The van der Waals surface area contributed by atoms with Crippen LogP contribution in [0.15, 0.2) is 0 Å². The molecule has 1 aliphatic carbocycles. The second kappa shape index (κ2) is 4.12. The van der Waals surface area contributed by atoms with Gasteiger partial charge in [-0.05, 0) is 33.1 Å². The summed E-state index contributed by atoms with van der Waals surface area (Å²) in [5.41, 5.74) is -0.00428. The molecule has 0 aromatic carbocycles. The number of carbonyl (C=O) groups is 1. The summed E-state index contributed by atoms with van der Waals surface area (Å²) in [7, 11) is 0. The van der Waals surface area contributed by atoms with Crippen LogP contribution >= 0.6 is 0 Å². The van der Waals surface area contributed by atoms with Crippen LogP contribution in [-0.2, 0) is 4.79 Å². The molecule has 1 saturated carbocycles. The highest BCUT2D eigenvalue weighted by Gasteiger charge is 2.32. The third-order valence-corrected chi connectivity index (χ3v) is 2.57. The molecular formula is C11H21NO. The summed E-state index contributed by atoms with van der Waals surface area (Å²) in [6.45, 7) is 6.41. The molecule has 2 heteroatoms. The monoisotopic (exact) mass is 183 g/mol. The highest BCUT2D eigenvalue weighted by molar-refractivity contribution is 5.81. The standard InChI is InChI=1S/C11H21NO/c1-4-5-8-11(2,3)12-10(13)9-6-7-9/h9H,4-8H2,1-3H3,(H,12,13). The Morgan fingerprint density at radius 1 is 1.46 bits per heavy atom. The van der Waals surface area contributed by atoms with Gasteiger partial charge in [0.2, 0.25) is 5.91 Å². The van der Waals surface area contributed by atoms with Gasteiger partial charge >= 0.3 is 0 Å². The molecule has 2 nitrogen and oxygen atoms in total. The topological polar surface area (TPSA) is 29.1 Å². The second-order valence-corrected chi connectivity index (χ2v) is 4.75. The van der Waals surface area contributed by atoms with E-state index in [0.717, 1.165) is 19.3 Å². The molecule has 1 N–H and O–H groups in total. The van der Waals surface area contributed by atoms with Crippen LogP contribution in [0.3, 0.4) is 0 Å². The van der Waals surface area contributed by atoms with E-state index in [1.165, 1.54) is 12.8 Å². The van der Waals surface area contributed by atoms with Crippen LogP contribution in [0, 0.1) is 5.92 Å². The molecule has 0 unspecified atom stereocenters. The number of unbranched alkanes of at least 4 members (excludes halogenated alkanes) is 1. The number of hydrogen-bond acceptors (Lipinski definition) is 1. The predicted octanol–water partition coefficient (Wildman–Crippen LogP) is 2.48. The van der Waals surface area contributed by atoms with Crippen molar-refractivity contribution in [2.75, 3.05) is 0 Å². The van der Waals surface area contributed by atoms with Crippen LogP contribution in [0.2, 0.25) is 0 Å². The van der Waals surface area contributed by atoms with Gasteiger partial charge in [0.25, 0.3) is 0 Å². The Hall–Kier alpha value is -0.530. The van der Waals surface area contributed by atoms with Crippen molar-refractivity contribution in [1.82, 2.24) is 5.32 Å². The first-order valence-corrected chi connectivity index (χ1v) is 5.37. The zero-order valence-electron chi connectivity index (χ0n) is 9.02. The first-order valence-electron chi connectivity index (χ1n) is 5.37. The molecule has 1 rings (SSSR count). The maximum Gasteiger partial charge on any atom is 0.223 e. The Morgan fingerprint density at radius 3 is 2.54 bits per heavy atom. The van der Waals surface area contributed by atoms with Crippen molar-refractivity contribution in [2.45, 2.75) is 58.4 Å². The van der Waals surface area contributed by atoms with Crippen LogP contribution in [0.5, 0.6) is 0 Å². The van der Waals surface area contributed by atoms with Crippen molar-refractivity contribution >= 4 is 5.91 Å². The van der Waals surface area contributed by atoms with Crippen molar-refractivity contribution in [3.8, 4) is 0 Å². The number of rotatable bonds is 5. The fourth-order valence-electron chi connectivity index (χ4n) is 1.46. The Labute approximate surface area is 81.1 Å². The molecule has 0 radical (unpaired) electrons. The van der Waals surface area contributed by atoms with E-state index in [1.807, 2.05) is 0 Å². The molecule has 0 saturated heterocycles. The van der Waals surface area contributed by atoms with E-state index in [1.54, 1.807) is 0 Å². The Balaban J connectivity index is 2.26. The van der Waals surface area contributed by atoms with Gasteiger partial charge in [-0.2, -0.15) is 0 Å². The van der Waals surface area contributed by atoms with Crippen LogP contribution in [-0.4, -0.2) is 11.4 Å². The smallest absolute Gasteiger partial charge is 0.223 e. The van der Waals surface area contributed by atoms with Crippen molar-refractivity contribution in [3.05, 3.63) is 0 Å². The van der Waals surface area contributed by atoms with Crippen molar-refractivity contribution < 1.29 is 4.79 Å². The van der Waals surface area contributed by atoms with Crippen molar-refractivity contribution in [1.29, 1.82) is 0 Å². The maximum atomic E-state index is 11.5. The number of amides is 1. The number of carbonyl (C=O) groups excluding carboxylic acids is 1. The van der Waals surface area contributed by atoms with Crippen LogP contribution in [0.25, 0.3) is 0 Å². The van der Waals surface area contributed by atoms with Crippen LogP contribution in [0.4, 0.5) is 0 Å². The van der Waals surface area contributed by atoms with Crippen molar-refractivity contribution in [3.63, 3.8) is 0 Å². The van der Waals surface area contributed by atoms with Gasteiger partial charge in [0.15, 0.2) is 0 Å². The van der Waals surface area contributed by atoms with E-state index in [2.05, 4.69) is 26.1 Å². The third-order valence-electron chi connectivity index (χ3n) is 2.57. The molecule has 0 aromatic rings. The number of hydrogen-bond donors (Lipinski definition) is 1. The molecule has 1 aliphatic rings. The molecule has 0 bridgehead atoms. The average molecular weight is 183 g/mol. The largest absolute Gasteiger partial charge is 0.351 e. The van der Waals surface area contributed by atoms with E-state index in [9.17, 15) is 4.79 Å². The molecule has 13 heavy (non-hydrogen) atoms. The van der Waals surface area contributed by atoms with E-state index < -0.39 is 0 Å². The Bertz CT molecular complexity index is 183. The zero-order chi connectivity index (χ0) is 9.90. The molecule has 0 spiro atoms. The lowest BCUT2D eigenvalue weighted by molar-refractivity contribution is -0.123. The van der Waals surface area contributed by atoms with Gasteiger partial charge in [0, 0.05) is 11.5 Å². The SMILES string of the molecule is CCCCC(C)(C)NC(=O)C1CC1. The molecular weight excluding hydrogens is 162 g/mol. The quantitative estimate of drug-likeness (QED) is 0.697. The van der Waals surface area contributed by atoms with Gasteiger partial charge < -0.3 is 5.32 Å². The normalized spacial score (nSPS) is 17.2. The Kier molecular flexibility index (Phi) is 3.34. The van der Waals surface area contributed by atoms with Crippen LogP contribution in [0.1, 0.15) is 52.9 Å². The summed E-state index contributed by atoms with van der Waals surface area (Å²) in [5.74, 6) is 0.599. The van der Waals surface area contributed by atoms with E-state index in [4.69, 9.17) is 0 Å². The minimum absolute atomic E-state index is 0.00428. The summed E-state index contributed by atoms with van der Waals surface area (Å²) in [4.78, 5) is 11.5. The highest BCUT2D eigenvalue weighted by Crippen LogP contribution is 2.29. The maximum absolute atomic E-state index is 11.5. The molecule has 1 fully saturated rings. The predicted molar refractivity (Wildman–Crippen MR) is 54.5 cm³/mol. The average Bonchev–Trinajstić information content (AvgIpc) is 2.82. The van der Waals surface area contributed by atoms with Gasteiger partial charge in [-0.1, -0.05) is 19.8 Å². The summed E-state index contributed by atoms with van der Waals surface area (Å²) in [6, 6.07) is 0. The molecule has 0 atom stereocenters. The molecule has 0 aliphatic heterocycles. The van der Waals surface area contributed by atoms with Gasteiger partial charge in [-0.3, -0.25) is 4.79 Å². The van der Waals surface area contributed by atoms with Gasteiger partial charge in [0.05, 0.1) is 0 Å². The van der Waals surface area contributed by atoms with Gasteiger partial charge in [-0.25, -0.2) is 0 Å². The molecule has 1 amide bonds. The fraction of sp³-hybridized carbons (Fsp3) is 0.909. The van der Waals surface area contributed by atoms with Gasteiger partial charge in [0.1, 0.15) is 0 Å². The first kappa shape index (κ1) is 10.6. The fourth-order valence-corrected chi connectivity index (χ4v) is 1.46. The summed E-state index contributed by atoms with van der Waals surface area (Å²) in [5, 5.41) is 3.11. The lowest BCUT2D eigenvalue weighted by Gasteiger charge is -2.26. The summed E-state index contributed by atoms with van der Waals surface area (Å²) >= 11 is 0. The van der Waals surface area contributed by atoms with Gasteiger partial charge in [-0.15, -0.1) is 0 Å². The highest BCUT2D eigenvalue weighted by atomic mass is 16.2. The zero-order valence-corrected chi connectivity index (χ0v) is 9.02. The summed E-state index contributed by atoms with van der Waals surface area (Å²) in [6.07, 6.45) is 5.66. The second-order valence-electron chi connectivity index (χ2n) is 4.75. The van der Waals surface area contributed by atoms with Crippen molar-refractivity contribution in [2.24, 2.45) is 5.92 Å². The van der Waals surface area contributed by atoms with E-state index in [0.29, 0.717) is 5.92 Å². The van der Waals surface area contributed by atoms with Crippen LogP contribution < -0.4 is 5.32 Å². The Morgan fingerprint density at radius 2 is 2.08 bits per heavy atom. The molecule has 76 valence electrons. The molecule has 0 aromatic heterocycles. The minimum Gasteiger partial charge on any atom is -0.351 e. The van der Waals surface area contributed by atoms with E-state index >= 15 is 0 Å².